The van der Waals surface area contributed by atoms with E-state index in [9.17, 15) is 44.7 Å². The number of rotatable bonds is 13. The monoisotopic (exact) mass is 702 g/mol. The van der Waals surface area contributed by atoms with Crippen molar-refractivity contribution >= 4 is 78.6 Å². The van der Waals surface area contributed by atoms with Crippen molar-refractivity contribution in [3.05, 3.63) is 48.5 Å². The first-order chi connectivity index (χ1) is 18.2. The van der Waals surface area contributed by atoms with E-state index < -0.39 is 48.6 Å². The van der Waals surface area contributed by atoms with Gasteiger partial charge in [-0.2, -0.15) is 9.45 Å². The molecule has 43 heavy (non-hydrogen) atoms. The Kier molecular flexibility index (Phi) is 20.8. The summed E-state index contributed by atoms with van der Waals surface area (Å²) in [5, 5.41) is 34.8. The molecule has 0 fully saturated rings. The molecule has 0 saturated heterocycles. The van der Waals surface area contributed by atoms with Crippen LogP contribution in [0.25, 0.3) is 10.8 Å². The number of hydrogen-bond donors (Lipinski definition) is 2. The molecule has 215 valence electrons. The summed E-state index contributed by atoms with van der Waals surface area (Å²) in [5.74, 6) is -2.17. The molecule has 0 aromatic heterocycles. The van der Waals surface area contributed by atoms with E-state index in [1.807, 2.05) is 0 Å². The fourth-order valence-electron chi connectivity index (χ4n) is 3.10. The van der Waals surface area contributed by atoms with Gasteiger partial charge in [0.05, 0.1) is 46.1 Å². The Bertz CT molecular complexity index is 1720. The number of azo groups is 1. The number of phenolic OH excluding ortho intramolecular Hbond substituents is 1. The fraction of sp³-hybridized carbons (Fsp3) is 0.158. The van der Waals surface area contributed by atoms with Crippen LogP contribution in [0.2, 0.25) is 0 Å². The van der Waals surface area contributed by atoms with E-state index in [1.54, 1.807) is 0 Å². The predicted molar refractivity (Wildman–Crippen MR) is 136 cm³/mol. The van der Waals surface area contributed by atoms with Gasteiger partial charge in [-0.1, -0.05) is 6.07 Å². The number of benzene rings is 3. The van der Waals surface area contributed by atoms with E-state index in [0.29, 0.717) is 17.4 Å². The van der Waals surface area contributed by atoms with Crippen molar-refractivity contribution in [3.8, 4) is 5.75 Å². The van der Waals surface area contributed by atoms with Gasteiger partial charge in [0.25, 0.3) is 0 Å². The first-order valence-corrected chi connectivity index (χ1v) is 15.4. The second kappa shape index (κ2) is 19.7. The third-order valence-electron chi connectivity index (χ3n) is 4.68. The molecular weight excluding hydrogens is 686 g/mol. The molecule has 0 unspecified atom stereocenters. The zero-order valence-electron chi connectivity index (χ0n) is 22.7. The summed E-state index contributed by atoms with van der Waals surface area (Å²) >= 11 is 0.505. The third-order valence-corrected chi connectivity index (χ3v) is 7.88. The number of nitrogens with one attached hydrogen (secondary N) is 1. The van der Waals surface area contributed by atoms with Gasteiger partial charge >= 0.3 is 88.7 Å². The van der Waals surface area contributed by atoms with Crippen LogP contribution < -0.4 is 99.2 Å². The molecule has 3 rings (SSSR count). The molecular formula is C19H16BN3Na3O13S4. The molecule has 3 aromatic carbocycles. The van der Waals surface area contributed by atoms with Gasteiger partial charge < -0.3 is 24.8 Å². The number of aromatic hydroxyl groups is 1. The summed E-state index contributed by atoms with van der Waals surface area (Å²) in [4.78, 5) is 0.0325. The molecule has 0 spiro atoms. The quantitative estimate of drug-likeness (QED) is 0.0319. The average molecular weight is 702 g/mol. The average Bonchev–Trinajstić information content (AvgIpc) is 2.83. The number of fused-ring (bicyclic) bond motifs is 1. The van der Waals surface area contributed by atoms with E-state index in [-0.39, 0.29) is 135 Å². The van der Waals surface area contributed by atoms with E-state index >= 15 is 0 Å². The molecule has 0 aliphatic rings. The summed E-state index contributed by atoms with van der Waals surface area (Å²) in [6, 6.07) is 10.3. The fourth-order valence-corrected chi connectivity index (χ4v) is 5.36. The summed E-state index contributed by atoms with van der Waals surface area (Å²) in [6.07, 6.45) is 0. The third kappa shape index (κ3) is 14.6. The van der Waals surface area contributed by atoms with E-state index in [4.69, 9.17) is 0 Å². The number of sulfone groups is 1. The van der Waals surface area contributed by atoms with Gasteiger partial charge in [-0.05, 0) is 47.9 Å². The Morgan fingerprint density at radius 1 is 0.907 bits per heavy atom. The Morgan fingerprint density at radius 3 is 2.09 bits per heavy atom. The van der Waals surface area contributed by atoms with Crippen molar-refractivity contribution in [1.29, 1.82) is 0 Å². The predicted octanol–water partition coefficient (Wildman–Crippen LogP) is -8.01. The van der Waals surface area contributed by atoms with Gasteiger partial charge in [0.1, 0.15) is 27.4 Å². The van der Waals surface area contributed by atoms with Crippen molar-refractivity contribution in [3.63, 3.8) is 0 Å². The molecule has 0 aliphatic heterocycles. The second-order valence-corrected chi connectivity index (χ2v) is 12.7. The van der Waals surface area contributed by atoms with E-state index in [2.05, 4.69) is 29.1 Å². The first kappa shape index (κ1) is 45.3. The van der Waals surface area contributed by atoms with Crippen molar-refractivity contribution in [2.75, 3.05) is 23.6 Å². The van der Waals surface area contributed by atoms with Crippen LogP contribution in [0.1, 0.15) is 0 Å². The zero-order valence-corrected chi connectivity index (χ0v) is 32.0. The van der Waals surface area contributed by atoms with Crippen LogP contribution >= 0.6 is 12.0 Å². The molecule has 0 heterocycles. The topological polar surface area (TPSA) is 256 Å². The standard InChI is InChI=1S/C19H19N3O13S4.B.3Na/c23-17-10-14(36-35-34-24)9-12-1-6-16(20-11-38(27,28)29)19(18(12)17)22-21-13-2-4-15(5-3-13)37(25,26)8-7-33-39(30,31)32;;;;/h1-6,9-10,20,23-24H,7-8,11H2,(H,27,28,29)(H,30,31,32);;;;/q;;3*+1/p-3. The number of nitrogens with zero attached hydrogens (tertiary/aromatic N) is 2. The van der Waals surface area contributed by atoms with Gasteiger partial charge in [-0.25, -0.2) is 25.3 Å². The van der Waals surface area contributed by atoms with Crippen LogP contribution in [-0.2, 0) is 43.9 Å². The summed E-state index contributed by atoms with van der Waals surface area (Å²) in [6.45, 7) is -0.870. The molecule has 2 N–H and O–H groups in total. The van der Waals surface area contributed by atoms with Gasteiger partial charge in [0.15, 0.2) is 9.84 Å². The summed E-state index contributed by atoms with van der Waals surface area (Å²) in [7, 11) is -13.8. The molecule has 3 radical (unpaired) electrons. The minimum atomic E-state index is -5.05. The smallest absolute Gasteiger partial charge is 0.747 e. The van der Waals surface area contributed by atoms with Crippen LogP contribution in [0, 0.1) is 0 Å². The largest absolute Gasteiger partial charge is 1.00 e. The Labute approximate surface area is 319 Å². The molecule has 16 nitrogen and oxygen atoms in total. The number of anilines is 1. The number of hydrogen-bond acceptors (Lipinski definition) is 17. The molecule has 0 aliphatic carbocycles. The normalized spacial score (nSPS) is 11.6. The van der Waals surface area contributed by atoms with Crippen LogP contribution in [0.15, 0.2) is 68.6 Å². The van der Waals surface area contributed by atoms with Crippen LogP contribution in [0.3, 0.4) is 0 Å². The molecule has 0 amide bonds. The molecule has 0 atom stereocenters. The Morgan fingerprint density at radius 2 is 1.53 bits per heavy atom. The Balaban J connectivity index is 0. The van der Waals surface area contributed by atoms with Gasteiger partial charge in [-0.15, -0.1) is 5.11 Å². The van der Waals surface area contributed by atoms with Gasteiger partial charge in [0.2, 0.25) is 10.4 Å². The molecule has 3 aromatic rings. The molecule has 0 saturated carbocycles. The van der Waals surface area contributed by atoms with Gasteiger partial charge in [0, 0.05) is 13.3 Å². The Hall–Kier alpha value is 0.145. The molecule has 0 bridgehead atoms. The summed E-state index contributed by atoms with van der Waals surface area (Å²) < 4.78 is 97.6. The maximum absolute atomic E-state index is 12.3. The van der Waals surface area contributed by atoms with Crippen LogP contribution in [0.5, 0.6) is 5.75 Å². The number of phenols is 1. The second-order valence-electron chi connectivity index (χ2n) is 7.34. The maximum atomic E-state index is 12.3. The van der Waals surface area contributed by atoms with Crippen LogP contribution in [0.4, 0.5) is 17.1 Å². The van der Waals surface area contributed by atoms with Crippen LogP contribution in [-0.4, -0.2) is 66.1 Å². The minimum absolute atomic E-state index is 0. The van der Waals surface area contributed by atoms with Crippen molar-refractivity contribution in [1.82, 2.24) is 0 Å². The minimum Gasteiger partial charge on any atom is -0.747 e. The maximum Gasteiger partial charge on any atom is 1.00 e. The summed E-state index contributed by atoms with van der Waals surface area (Å²) in [5.41, 5.74) is 0.0336. The van der Waals surface area contributed by atoms with Crippen molar-refractivity contribution in [2.24, 2.45) is 10.2 Å². The van der Waals surface area contributed by atoms with Gasteiger partial charge in [-0.3, -0.25) is 9.22 Å². The SMILES string of the molecule is O=S(=O)([O-])CNc1ccc2cc(SOO[O-])cc(O)c2c1N=Nc1ccc(S(=O)(=O)CCOS(=O)(=O)[O-])cc1.[B].[Na+].[Na+].[Na+]. The van der Waals surface area contributed by atoms with E-state index in [1.165, 1.54) is 36.4 Å². The van der Waals surface area contributed by atoms with E-state index in [0.717, 1.165) is 12.1 Å². The van der Waals surface area contributed by atoms with Crippen molar-refractivity contribution < 1.29 is 147 Å². The zero-order chi connectivity index (χ0) is 28.8. The van der Waals surface area contributed by atoms with Crippen molar-refractivity contribution in [2.45, 2.75) is 9.79 Å². The first-order valence-electron chi connectivity index (χ1n) is 10.1. The molecule has 24 heteroatoms.